The molecule has 2 N–H and O–H groups in total. The maximum Gasteiger partial charge on any atom is 0.191 e. The quantitative estimate of drug-likeness (QED) is 0.271. The van der Waals surface area contributed by atoms with Crippen LogP contribution in [0.4, 0.5) is 0 Å². The average molecular weight is 435 g/mol. The van der Waals surface area contributed by atoms with E-state index in [0.29, 0.717) is 19.8 Å². The molecule has 1 aromatic rings. The number of halogens is 1. The predicted octanol–water partition coefficient (Wildman–Crippen LogP) is 2.93. The maximum absolute atomic E-state index is 5.64. The highest BCUT2D eigenvalue weighted by Gasteiger charge is 2.00. The molecule has 0 saturated heterocycles. The summed E-state index contributed by atoms with van der Waals surface area (Å²) in [7, 11) is 1.69. The number of aliphatic imine (C=N–C) groups is 1. The van der Waals surface area contributed by atoms with Crippen LogP contribution in [0.15, 0.2) is 29.3 Å². The zero-order chi connectivity index (χ0) is 16.2. The summed E-state index contributed by atoms with van der Waals surface area (Å²) in [5, 5.41) is 6.46. The normalized spacial score (nSPS) is 11.3. The summed E-state index contributed by atoms with van der Waals surface area (Å²) in [6.45, 7) is 9.65. The molecule has 0 saturated carbocycles. The van der Waals surface area contributed by atoms with Crippen molar-refractivity contribution in [3.8, 4) is 0 Å². The van der Waals surface area contributed by atoms with E-state index in [2.05, 4.69) is 46.8 Å². The van der Waals surface area contributed by atoms with E-state index < -0.39 is 0 Å². The minimum atomic E-state index is 0. The molecule has 0 fully saturated rings. The highest BCUT2D eigenvalue weighted by molar-refractivity contribution is 14.0. The van der Waals surface area contributed by atoms with Gasteiger partial charge in [-0.05, 0) is 31.9 Å². The molecule has 0 spiro atoms. The van der Waals surface area contributed by atoms with E-state index in [1.54, 1.807) is 7.11 Å². The van der Waals surface area contributed by atoms with Crippen LogP contribution in [-0.4, -0.2) is 38.9 Å². The van der Waals surface area contributed by atoms with Crippen molar-refractivity contribution in [1.82, 2.24) is 10.6 Å². The van der Waals surface area contributed by atoms with Gasteiger partial charge in [0.1, 0.15) is 0 Å². The van der Waals surface area contributed by atoms with Crippen molar-refractivity contribution in [2.45, 2.75) is 40.0 Å². The lowest BCUT2D eigenvalue weighted by atomic mass is 10.1. The van der Waals surface area contributed by atoms with Crippen molar-refractivity contribution in [1.29, 1.82) is 0 Å². The summed E-state index contributed by atoms with van der Waals surface area (Å²) in [6.07, 6.45) is 0.243. The second-order valence-corrected chi connectivity index (χ2v) is 5.29. The van der Waals surface area contributed by atoms with Gasteiger partial charge in [0.2, 0.25) is 0 Å². The van der Waals surface area contributed by atoms with Crippen LogP contribution in [-0.2, 0) is 22.6 Å². The van der Waals surface area contributed by atoms with Crippen molar-refractivity contribution in [2.24, 2.45) is 4.99 Å². The third-order valence-corrected chi connectivity index (χ3v) is 2.94. The van der Waals surface area contributed by atoms with Gasteiger partial charge in [-0.1, -0.05) is 24.3 Å². The van der Waals surface area contributed by atoms with E-state index in [0.717, 1.165) is 19.0 Å². The molecule has 0 heterocycles. The molecule has 0 aliphatic heterocycles. The Morgan fingerprint density at radius 2 is 1.96 bits per heavy atom. The first-order chi connectivity index (χ1) is 10.7. The van der Waals surface area contributed by atoms with Crippen LogP contribution in [0.25, 0.3) is 0 Å². The number of hydrogen-bond acceptors (Lipinski definition) is 3. The number of ether oxygens (including phenoxy) is 2. The third-order valence-electron chi connectivity index (χ3n) is 2.94. The van der Waals surface area contributed by atoms with Crippen LogP contribution in [0.3, 0.4) is 0 Å². The summed E-state index contributed by atoms with van der Waals surface area (Å²) < 4.78 is 10.7. The Morgan fingerprint density at radius 3 is 2.61 bits per heavy atom. The molecule has 5 nitrogen and oxygen atoms in total. The van der Waals surface area contributed by atoms with Gasteiger partial charge in [-0.2, -0.15) is 0 Å². The summed E-state index contributed by atoms with van der Waals surface area (Å²) in [4.78, 5) is 4.59. The number of methoxy groups -OCH3 is 1. The van der Waals surface area contributed by atoms with Gasteiger partial charge in [0.15, 0.2) is 5.96 Å². The van der Waals surface area contributed by atoms with Crippen LogP contribution in [0.2, 0.25) is 0 Å². The molecule has 132 valence electrons. The number of nitrogens with zero attached hydrogens (tertiary/aromatic N) is 1. The van der Waals surface area contributed by atoms with Crippen LogP contribution < -0.4 is 10.6 Å². The lowest BCUT2D eigenvalue weighted by Crippen LogP contribution is -2.38. The lowest BCUT2D eigenvalue weighted by Gasteiger charge is -2.11. The van der Waals surface area contributed by atoms with Crippen LogP contribution in [0, 0.1) is 0 Å². The van der Waals surface area contributed by atoms with Crippen molar-refractivity contribution < 1.29 is 9.47 Å². The average Bonchev–Trinajstić information content (AvgIpc) is 2.51. The predicted molar refractivity (Wildman–Crippen MR) is 106 cm³/mol. The minimum absolute atomic E-state index is 0. The van der Waals surface area contributed by atoms with Crippen molar-refractivity contribution in [3.05, 3.63) is 35.4 Å². The van der Waals surface area contributed by atoms with Crippen molar-refractivity contribution in [2.75, 3.05) is 26.8 Å². The van der Waals surface area contributed by atoms with Gasteiger partial charge < -0.3 is 20.1 Å². The standard InChI is InChI=1S/C17H29N3O2.HI/c1-5-18-17(19-9-10-21-4)20-12-15-7-6-8-16(11-15)13-22-14(2)3;/h6-8,11,14H,5,9-10,12-13H2,1-4H3,(H2,18,19,20);1H. The molecule has 0 bridgehead atoms. The maximum atomic E-state index is 5.64. The van der Waals surface area contributed by atoms with Crippen molar-refractivity contribution in [3.63, 3.8) is 0 Å². The first-order valence-corrected chi connectivity index (χ1v) is 7.86. The van der Waals surface area contributed by atoms with Crippen molar-refractivity contribution >= 4 is 29.9 Å². The topological polar surface area (TPSA) is 54.9 Å². The number of hydrogen-bond donors (Lipinski definition) is 2. The zero-order valence-electron chi connectivity index (χ0n) is 14.6. The number of benzene rings is 1. The molecule has 0 aliphatic rings. The van der Waals surface area contributed by atoms with Crippen LogP contribution >= 0.6 is 24.0 Å². The monoisotopic (exact) mass is 435 g/mol. The first kappa shape index (κ1) is 22.1. The van der Waals surface area contributed by atoms with Gasteiger partial charge in [0.05, 0.1) is 25.9 Å². The summed E-state index contributed by atoms with van der Waals surface area (Å²) in [5.74, 6) is 0.809. The Labute approximate surface area is 157 Å². The fraction of sp³-hybridized carbons (Fsp3) is 0.588. The van der Waals surface area contributed by atoms with E-state index in [-0.39, 0.29) is 30.1 Å². The molecular weight excluding hydrogens is 405 g/mol. The Bertz CT molecular complexity index is 453. The number of guanidine groups is 1. The molecule has 0 amide bonds. The molecule has 0 aromatic heterocycles. The van der Waals surface area contributed by atoms with E-state index in [1.807, 2.05) is 13.8 Å². The molecule has 0 unspecified atom stereocenters. The Kier molecular flexibility index (Phi) is 13.1. The molecule has 0 aliphatic carbocycles. The smallest absolute Gasteiger partial charge is 0.191 e. The van der Waals surface area contributed by atoms with Gasteiger partial charge in [-0.25, -0.2) is 4.99 Å². The Morgan fingerprint density at radius 1 is 1.22 bits per heavy atom. The van der Waals surface area contributed by atoms with E-state index in [1.165, 1.54) is 11.1 Å². The van der Waals surface area contributed by atoms with Gasteiger partial charge >= 0.3 is 0 Å². The van der Waals surface area contributed by atoms with E-state index >= 15 is 0 Å². The molecule has 23 heavy (non-hydrogen) atoms. The molecule has 1 aromatic carbocycles. The van der Waals surface area contributed by atoms with Crippen LogP contribution in [0.5, 0.6) is 0 Å². The molecule has 0 radical (unpaired) electrons. The number of rotatable bonds is 9. The lowest BCUT2D eigenvalue weighted by molar-refractivity contribution is 0.0657. The molecule has 1 rings (SSSR count). The number of nitrogens with one attached hydrogen (secondary N) is 2. The zero-order valence-corrected chi connectivity index (χ0v) is 16.9. The second kappa shape index (κ2) is 13.6. The minimum Gasteiger partial charge on any atom is -0.383 e. The summed E-state index contributed by atoms with van der Waals surface area (Å²) in [6, 6.07) is 8.36. The van der Waals surface area contributed by atoms with Gasteiger partial charge in [0, 0.05) is 20.2 Å². The largest absolute Gasteiger partial charge is 0.383 e. The van der Waals surface area contributed by atoms with Gasteiger partial charge in [-0.15, -0.1) is 24.0 Å². The Balaban J connectivity index is 0.00000484. The SMILES string of the molecule is CCNC(=NCc1cccc(COC(C)C)c1)NCCOC.I. The van der Waals surface area contributed by atoms with E-state index in [4.69, 9.17) is 9.47 Å². The highest BCUT2D eigenvalue weighted by Crippen LogP contribution is 2.09. The fourth-order valence-corrected chi connectivity index (χ4v) is 1.86. The van der Waals surface area contributed by atoms with E-state index in [9.17, 15) is 0 Å². The van der Waals surface area contributed by atoms with Crippen LogP contribution in [0.1, 0.15) is 31.9 Å². The Hall–Kier alpha value is -0.860. The molecular formula is C17H30IN3O2. The second-order valence-electron chi connectivity index (χ2n) is 5.29. The van der Waals surface area contributed by atoms with Gasteiger partial charge in [-0.3, -0.25) is 0 Å². The fourth-order valence-electron chi connectivity index (χ4n) is 1.86. The third kappa shape index (κ3) is 10.5. The molecule has 0 atom stereocenters. The van der Waals surface area contributed by atoms with Gasteiger partial charge in [0.25, 0.3) is 0 Å². The highest BCUT2D eigenvalue weighted by atomic mass is 127. The summed E-state index contributed by atoms with van der Waals surface area (Å²) >= 11 is 0. The molecule has 6 heteroatoms. The first-order valence-electron chi connectivity index (χ1n) is 7.86. The summed E-state index contributed by atoms with van der Waals surface area (Å²) in [5.41, 5.74) is 2.35.